The standard InChI is InChI=1S/C12H14N2O2/c1-2-7-13-9-12(16)14-8-10-5-3-4-6-11(10)15/h1,3-6,13,15H,7-9H2,(H,14,16). The molecule has 1 aromatic rings. The van der Waals surface area contributed by atoms with Gasteiger partial charge in [-0.1, -0.05) is 24.1 Å². The molecule has 0 spiro atoms. The van der Waals surface area contributed by atoms with Crippen molar-refractivity contribution in [3.63, 3.8) is 0 Å². The third-order valence-corrected chi connectivity index (χ3v) is 1.98. The third kappa shape index (κ3) is 4.03. The Morgan fingerprint density at radius 1 is 1.44 bits per heavy atom. The Hall–Kier alpha value is -1.99. The molecule has 16 heavy (non-hydrogen) atoms. The molecule has 1 rings (SSSR count). The van der Waals surface area contributed by atoms with Crippen LogP contribution in [0.25, 0.3) is 0 Å². The molecule has 0 saturated carbocycles. The maximum Gasteiger partial charge on any atom is 0.234 e. The number of phenolic OH excluding ortho intramolecular Hbond substituents is 1. The van der Waals surface area contributed by atoms with Crippen molar-refractivity contribution in [1.29, 1.82) is 0 Å². The second-order valence-electron chi connectivity index (χ2n) is 3.21. The summed E-state index contributed by atoms with van der Waals surface area (Å²) in [4.78, 5) is 11.3. The summed E-state index contributed by atoms with van der Waals surface area (Å²) in [5.74, 6) is 2.40. The van der Waals surface area contributed by atoms with Gasteiger partial charge in [-0.15, -0.1) is 6.42 Å². The van der Waals surface area contributed by atoms with Crippen LogP contribution in [-0.2, 0) is 11.3 Å². The first-order valence-corrected chi connectivity index (χ1v) is 4.92. The van der Waals surface area contributed by atoms with Crippen LogP contribution < -0.4 is 10.6 Å². The van der Waals surface area contributed by atoms with E-state index < -0.39 is 0 Å². The minimum atomic E-state index is -0.154. The number of hydrogen-bond donors (Lipinski definition) is 3. The van der Waals surface area contributed by atoms with Gasteiger partial charge < -0.3 is 10.4 Å². The van der Waals surface area contributed by atoms with E-state index in [2.05, 4.69) is 16.6 Å². The number of rotatable bonds is 5. The van der Waals surface area contributed by atoms with Crippen molar-refractivity contribution in [2.24, 2.45) is 0 Å². The van der Waals surface area contributed by atoms with Gasteiger partial charge >= 0.3 is 0 Å². The number of amides is 1. The Balaban J connectivity index is 2.32. The number of phenols is 1. The zero-order chi connectivity index (χ0) is 11.8. The zero-order valence-electron chi connectivity index (χ0n) is 8.86. The van der Waals surface area contributed by atoms with Crippen LogP contribution in [0.5, 0.6) is 5.75 Å². The first-order valence-electron chi connectivity index (χ1n) is 4.92. The van der Waals surface area contributed by atoms with Crippen LogP contribution in [0.15, 0.2) is 24.3 Å². The van der Waals surface area contributed by atoms with E-state index in [1.807, 2.05) is 0 Å². The minimum Gasteiger partial charge on any atom is -0.508 e. The molecule has 0 radical (unpaired) electrons. The number of benzene rings is 1. The lowest BCUT2D eigenvalue weighted by Crippen LogP contribution is -2.33. The fraction of sp³-hybridized carbons (Fsp3) is 0.250. The molecule has 0 aliphatic carbocycles. The topological polar surface area (TPSA) is 61.4 Å². The van der Waals surface area contributed by atoms with E-state index in [1.54, 1.807) is 24.3 Å². The summed E-state index contributed by atoms with van der Waals surface area (Å²) in [7, 11) is 0. The van der Waals surface area contributed by atoms with E-state index in [1.165, 1.54) is 0 Å². The minimum absolute atomic E-state index is 0.154. The summed E-state index contributed by atoms with van der Waals surface area (Å²) in [5.41, 5.74) is 0.688. The maximum atomic E-state index is 11.3. The second kappa shape index (κ2) is 6.49. The number of para-hydroxylation sites is 1. The average Bonchev–Trinajstić information content (AvgIpc) is 2.28. The van der Waals surface area contributed by atoms with Crippen LogP contribution in [0.4, 0.5) is 0 Å². The van der Waals surface area contributed by atoms with E-state index >= 15 is 0 Å². The lowest BCUT2D eigenvalue weighted by Gasteiger charge is -2.06. The predicted octanol–water partition coefficient (Wildman–Crippen LogP) is 0.231. The highest BCUT2D eigenvalue weighted by Gasteiger charge is 2.02. The molecule has 3 N–H and O–H groups in total. The van der Waals surface area contributed by atoms with E-state index in [4.69, 9.17) is 6.42 Å². The Morgan fingerprint density at radius 3 is 2.88 bits per heavy atom. The van der Waals surface area contributed by atoms with Crippen LogP contribution in [0.1, 0.15) is 5.56 Å². The molecule has 0 unspecified atom stereocenters. The SMILES string of the molecule is C#CCNCC(=O)NCc1ccccc1O. The largest absolute Gasteiger partial charge is 0.508 e. The average molecular weight is 218 g/mol. The lowest BCUT2D eigenvalue weighted by atomic mass is 10.2. The monoisotopic (exact) mass is 218 g/mol. The summed E-state index contributed by atoms with van der Waals surface area (Å²) in [6.07, 6.45) is 5.02. The molecular formula is C12H14N2O2. The van der Waals surface area contributed by atoms with E-state index in [-0.39, 0.29) is 18.2 Å². The first kappa shape index (κ1) is 12.1. The van der Waals surface area contributed by atoms with Gasteiger partial charge in [-0.2, -0.15) is 0 Å². The molecule has 0 heterocycles. The maximum absolute atomic E-state index is 11.3. The highest BCUT2D eigenvalue weighted by atomic mass is 16.3. The summed E-state index contributed by atoms with van der Waals surface area (Å²) >= 11 is 0. The van der Waals surface area contributed by atoms with Gasteiger partial charge in [-0.25, -0.2) is 0 Å². The highest BCUT2D eigenvalue weighted by Crippen LogP contribution is 2.14. The summed E-state index contributed by atoms with van der Waals surface area (Å²) in [6, 6.07) is 6.87. The van der Waals surface area contributed by atoms with Crippen molar-refractivity contribution >= 4 is 5.91 Å². The van der Waals surface area contributed by atoms with E-state index in [0.29, 0.717) is 18.7 Å². The van der Waals surface area contributed by atoms with Crippen molar-refractivity contribution in [3.8, 4) is 18.1 Å². The molecule has 0 aliphatic rings. The van der Waals surface area contributed by atoms with Crippen LogP contribution in [0.3, 0.4) is 0 Å². The molecule has 1 aromatic carbocycles. The second-order valence-corrected chi connectivity index (χ2v) is 3.21. The number of aromatic hydroxyl groups is 1. The summed E-state index contributed by atoms with van der Waals surface area (Å²) in [5, 5.41) is 14.9. The predicted molar refractivity (Wildman–Crippen MR) is 61.7 cm³/mol. The van der Waals surface area contributed by atoms with Crippen LogP contribution in [-0.4, -0.2) is 24.1 Å². The third-order valence-electron chi connectivity index (χ3n) is 1.98. The summed E-state index contributed by atoms with van der Waals surface area (Å²) in [6.45, 7) is 0.852. The van der Waals surface area contributed by atoms with Gasteiger partial charge in [0.15, 0.2) is 0 Å². The first-order chi connectivity index (χ1) is 7.74. The van der Waals surface area contributed by atoms with Gasteiger partial charge in [-0.05, 0) is 6.07 Å². The Labute approximate surface area is 94.7 Å². The number of carbonyl (C=O) groups excluding carboxylic acids is 1. The smallest absolute Gasteiger partial charge is 0.234 e. The van der Waals surface area contributed by atoms with Crippen LogP contribution in [0.2, 0.25) is 0 Å². The Morgan fingerprint density at radius 2 is 2.19 bits per heavy atom. The molecule has 0 fully saturated rings. The summed E-state index contributed by atoms with van der Waals surface area (Å²) < 4.78 is 0. The molecule has 0 saturated heterocycles. The van der Waals surface area contributed by atoms with Crippen molar-refractivity contribution in [1.82, 2.24) is 10.6 Å². The van der Waals surface area contributed by atoms with Crippen LogP contribution in [0, 0.1) is 12.3 Å². The Kier molecular flexibility index (Phi) is 4.90. The van der Waals surface area contributed by atoms with Gasteiger partial charge in [-0.3, -0.25) is 10.1 Å². The molecule has 4 heteroatoms. The molecule has 0 bridgehead atoms. The van der Waals surface area contributed by atoms with Gasteiger partial charge in [0.05, 0.1) is 13.1 Å². The number of carbonyl (C=O) groups is 1. The van der Waals surface area contributed by atoms with Crippen molar-refractivity contribution in [2.45, 2.75) is 6.54 Å². The molecule has 0 aromatic heterocycles. The van der Waals surface area contributed by atoms with Gasteiger partial charge in [0.2, 0.25) is 5.91 Å². The van der Waals surface area contributed by atoms with Crippen molar-refractivity contribution in [3.05, 3.63) is 29.8 Å². The molecule has 0 atom stereocenters. The van der Waals surface area contributed by atoms with Crippen molar-refractivity contribution < 1.29 is 9.90 Å². The van der Waals surface area contributed by atoms with E-state index in [9.17, 15) is 9.90 Å². The van der Waals surface area contributed by atoms with Gasteiger partial charge in [0.1, 0.15) is 5.75 Å². The molecule has 84 valence electrons. The molecule has 1 amide bonds. The fourth-order valence-corrected chi connectivity index (χ4v) is 1.16. The van der Waals surface area contributed by atoms with Crippen LogP contribution >= 0.6 is 0 Å². The molecular weight excluding hydrogens is 204 g/mol. The fourth-order valence-electron chi connectivity index (χ4n) is 1.16. The zero-order valence-corrected chi connectivity index (χ0v) is 8.86. The molecule has 4 nitrogen and oxygen atoms in total. The van der Waals surface area contributed by atoms with Gasteiger partial charge in [0.25, 0.3) is 0 Å². The Bertz CT molecular complexity index is 396. The quantitative estimate of drug-likeness (QED) is 0.490. The van der Waals surface area contributed by atoms with E-state index in [0.717, 1.165) is 0 Å². The number of hydrogen-bond acceptors (Lipinski definition) is 3. The van der Waals surface area contributed by atoms with Gasteiger partial charge in [0, 0.05) is 12.1 Å². The number of nitrogens with one attached hydrogen (secondary N) is 2. The normalized spacial score (nSPS) is 9.44. The van der Waals surface area contributed by atoms with Crippen molar-refractivity contribution in [2.75, 3.05) is 13.1 Å². The highest BCUT2D eigenvalue weighted by molar-refractivity contribution is 5.78. The molecule has 0 aliphatic heterocycles. The number of terminal acetylenes is 1. The lowest BCUT2D eigenvalue weighted by molar-refractivity contribution is -0.120.